The van der Waals surface area contributed by atoms with Gasteiger partial charge in [0.2, 0.25) is 5.91 Å². The fraction of sp³-hybridized carbons (Fsp3) is 0.588. The van der Waals surface area contributed by atoms with Crippen LogP contribution in [0.2, 0.25) is 5.02 Å². The lowest BCUT2D eigenvalue weighted by Crippen LogP contribution is -2.38. The van der Waals surface area contributed by atoms with Crippen LogP contribution in [0.1, 0.15) is 24.8 Å². The molecule has 1 aliphatic rings. The van der Waals surface area contributed by atoms with Crippen molar-refractivity contribution in [3.63, 3.8) is 0 Å². The molecule has 0 aromatic heterocycles. The SMILES string of the molecule is O=C(CCCc1ccc(Cl)cc1)N1CCCN(CC(F)(F)F)CC1. The molecule has 0 N–H and O–H groups in total. The van der Waals surface area contributed by atoms with Crippen molar-refractivity contribution < 1.29 is 18.0 Å². The van der Waals surface area contributed by atoms with E-state index in [4.69, 9.17) is 11.6 Å². The molecule has 0 radical (unpaired) electrons. The molecule has 0 spiro atoms. The molecule has 2 rings (SSSR count). The van der Waals surface area contributed by atoms with E-state index in [2.05, 4.69) is 0 Å². The van der Waals surface area contributed by atoms with Crippen LogP contribution in [0.15, 0.2) is 24.3 Å². The molecule has 1 aliphatic heterocycles. The van der Waals surface area contributed by atoms with E-state index in [9.17, 15) is 18.0 Å². The number of rotatable bonds is 5. The highest BCUT2D eigenvalue weighted by Gasteiger charge is 2.31. The predicted molar refractivity (Wildman–Crippen MR) is 88.1 cm³/mol. The first kappa shape index (κ1) is 19.1. The minimum atomic E-state index is -4.18. The normalized spacial score (nSPS) is 16.9. The van der Waals surface area contributed by atoms with Gasteiger partial charge in [-0.3, -0.25) is 9.69 Å². The van der Waals surface area contributed by atoms with E-state index in [0.29, 0.717) is 37.5 Å². The Morgan fingerprint density at radius 1 is 1.08 bits per heavy atom. The van der Waals surface area contributed by atoms with E-state index in [-0.39, 0.29) is 12.5 Å². The molecule has 24 heavy (non-hydrogen) atoms. The summed E-state index contributed by atoms with van der Waals surface area (Å²) < 4.78 is 37.4. The first-order valence-electron chi connectivity index (χ1n) is 8.15. The summed E-state index contributed by atoms with van der Waals surface area (Å²) in [6, 6.07) is 7.52. The molecule has 0 aliphatic carbocycles. The molecule has 0 atom stereocenters. The molecule has 1 heterocycles. The van der Waals surface area contributed by atoms with Gasteiger partial charge in [0, 0.05) is 37.6 Å². The van der Waals surface area contributed by atoms with E-state index in [0.717, 1.165) is 18.4 Å². The largest absolute Gasteiger partial charge is 0.401 e. The summed E-state index contributed by atoms with van der Waals surface area (Å²) in [5, 5.41) is 0.683. The van der Waals surface area contributed by atoms with Crippen molar-refractivity contribution in [3.05, 3.63) is 34.9 Å². The fourth-order valence-corrected chi connectivity index (χ4v) is 3.01. The van der Waals surface area contributed by atoms with Crippen molar-refractivity contribution in [3.8, 4) is 0 Å². The van der Waals surface area contributed by atoms with Crippen LogP contribution in [-0.4, -0.2) is 54.6 Å². The lowest BCUT2D eigenvalue weighted by Gasteiger charge is -2.22. The highest BCUT2D eigenvalue weighted by molar-refractivity contribution is 6.30. The first-order valence-corrected chi connectivity index (χ1v) is 8.52. The Hall–Kier alpha value is -1.27. The maximum atomic E-state index is 12.5. The average molecular weight is 363 g/mol. The van der Waals surface area contributed by atoms with Crippen molar-refractivity contribution in [2.24, 2.45) is 0 Å². The Bertz CT molecular complexity index is 534. The van der Waals surface area contributed by atoms with Gasteiger partial charge in [-0.2, -0.15) is 13.2 Å². The van der Waals surface area contributed by atoms with Gasteiger partial charge in [-0.1, -0.05) is 23.7 Å². The lowest BCUT2D eigenvalue weighted by atomic mass is 10.1. The van der Waals surface area contributed by atoms with Gasteiger partial charge in [0.25, 0.3) is 0 Å². The lowest BCUT2D eigenvalue weighted by molar-refractivity contribution is -0.145. The Kier molecular flexibility index (Phi) is 6.92. The number of carbonyl (C=O) groups is 1. The zero-order valence-electron chi connectivity index (χ0n) is 13.5. The third kappa shape index (κ3) is 6.69. The quantitative estimate of drug-likeness (QED) is 0.796. The number of benzene rings is 1. The van der Waals surface area contributed by atoms with E-state index in [1.807, 2.05) is 24.3 Å². The molecular weight excluding hydrogens is 341 g/mol. The molecule has 3 nitrogen and oxygen atoms in total. The molecule has 0 unspecified atom stereocenters. The van der Waals surface area contributed by atoms with Crippen LogP contribution >= 0.6 is 11.6 Å². The van der Waals surface area contributed by atoms with Gasteiger partial charge < -0.3 is 4.90 Å². The monoisotopic (exact) mass is 362 g/mol. The molecule has 1 aromatic carbocycles. The predicted octanol–water partition coefficient (Wildman–Crippen LogP) is 3.76. The average Bonchev–Trinajstić information content (AvgIpc) is 2.73. The van der Waals surface area contributed by atoms with Gasteiger partial charge in [-0.25, -0.2) is 0 Å². The number of hydrogen-bond acceptors (Lipinski definition) is 2. The summed E-state index contributed by atoms with van der Waals surface area (Å²) in [6.07, 6.45) is -1.67. The summed E-state index contributed by atoms with van der Waals surface area (Å²) in [5.74, 6) is 0.0258. The Morgan fingerprint density at radius 2 is 1.79 bits per heavy atom. The van der Waals surface area contributed by atoms with Crippen LogP contribution < -0.4 is 0 Å². The molecule has 1 saturated heterocycles. The van der Waals surface area contributed by atoms with Crippen LogP contribution in [-0.2, 0) is 11.2 Å². The summed E-state index contributed by atoms with van der Waals surface area (Å²) in [4.78, 5) is 15.3. The summed E-state index contributed by atoms with van der Waals surface area (Å²) in [5.41, 5.74) is 1.12. The number of nitrogens with zero attached hydrogens (tertiary/aromatic N) is 2. The smallest absolute Gasteiger partial charge is 0.341 e. The molecule has 1 amide bonds. The maximum Gasteiger partial charge on any atom is 0.401 e. The highest BCUT2D eigenvalue weighted by atomic mass is 35.5. The highest BCUT2D eigenvalue weighted by Crippen LogP contribution is 2.18. The summed E-state index contributed by atoms with van der Waals surface area (Å²) in [6.45, 7) is 0.673. The van der Waals surface area contributed by atoms with Gasteiger partial charge in [0.15, 0.2) is 0 Å². The van der Waals surface area contributed by atoms with Crippen molar-refractivity contribution in [1.29, 1.82) is 0 Å². The molecule has 7 heteroatoms. The molecular formula is C17H22ClF3N2O. The Labute approximate surface area is 145 Å². The second kappa shape index (κ2) is 8.72. The summed E-state index contributed by atoms with van der Waals surface area (Å²) in [7, 11) is 0. The van der Waals surface area contributed by atoms with E-state index in [1.165, 1.54) is 4.90 Å². The topological polar surface area (TPSA) is 23.6 Å². The van der Waals surface area contributed by atoms with E-state index < -0.39 is 12.7 Å². The van der Waals surface area contributed by atoms with Crippen LogP contribution in [0.25, 0.3) is 0 Å². The Balaban J connectivity index is 1.73. The molecule has 1 fully saturated rings. The minimum Gasteiger partial charge on any atom is -0.341 e. The summed E-state index contributed by atoms with van der Waals surface area (Å²) >= 11 is 5.83. The first-order chi connectivity index (χ1) is 11.3. The van der Waals surface area contributed by atoms with Crippen LogP contribution in [0, 0.1) is 0 Å². The number of halogens is 4. The van der Waals surface area contributed by atoms with Crippen LogP contribution in [0.3, 0.4) is 0 Å². The Morgan fingerprint density at radius 3 is 2.46 bits per heavy atom. The van der Waals surface area contributed by atoms with Crippen molar-refractivity contribution in [1.82, 2.24) is 9.80 Å². The number of carbonyl (C=O) groups excluding carboxylic acids is 1. The van der Waals surface area contributed by atoms with Gasteiger partial charge >= 0.3 is 6.18 Å². The number of alkyl halides is 3. The second-order valence-corrected chi connectivity index (χ2v) is 6.54. The second-order valence-electron chi connectivity index (χ2n) is 6.11. The number of aryl methyl sites for hydroxylation is 1. The van der Waals surface area contributed by atoms with E-state index >= 15 is 0 Å². The van der Waals surface area contributed by atoms with Crippen LogP contribution in [0.4, 0.5) is 13.2 Å². The maximum absolute atomic E-state index is 12.5. The number of hydrogen-bond donors (Lipinski definition) is 0. The molecule has 0 bridgehead atoms. The number of amides is 1. The van der Waals surface area contributed by atoms with Gasteiger partial charge in [-0.05, 0) is 37.0 Å². The third-order valence-corrected chi connectivity index (χ3v) is 4.37. The molecule has 0 saturated carbocycles. The van der Waals surface area contributed by atoms with Gasteiger partial charge in [0.05, 0.1) is 6.54 Å². The van der Waals surface area contributed by atoms with Crippen molar-refractivity contribution in [2.45, 2.75) is 31.9 Å². The minimum absolute atomic E-state index is 0.0258. The van der Waals surface area contributed by atoms with E-state index in [1.54, 1.807) is 4.90 Å². The standard InChI is InChI=1S/C17H22ClF3N2O/c18-15-7-5-14(6-8-15)3-1-4-16(24)23-10-2-9-22(11-12-23)13-17(19,20)21/h5-8H,1-4,9-13H2. The molecule has 1 aromatic rings. The van der Waals surface area contributed by atoms with Crippen molar-refractivity contribution >= 4 is 17.5 Å². The zero-order valence-corrected chi connectivity index (χ0v) is 14.2. The molecule has 134 valence electrons. The fourth-order valence-electron chi connectivity index (χ4n) is 2.88. The van der Waals surface area contributed by atoms with Gasteiger partial charge in [0.1, 0.15) is 0 Å². The third-order valence-electron chi connectivity index (χ3n) is 4.11. The van der Waals surface area contributed by atoms with Crippen LogP contribution in [0.5, 0.6) is 0 Å². The van der Waals surface area contributed by atoms with Gasteiger partial charge in [-0.15, -0.1) is 0 Å². The zero-order chi connectivity index (χ0) is 17.6. The van der Waals surface area contributed by atoms with Crippen molar-refractivity contribution in [2.75, 3.05) is 32.7 Å².